The van der Waals surface area contributed by atoms with Crippen molar-refractivity contribution in [1.29, 1.82) is 0 Å². The molecule has 0 amide bonds. The van der Waals surface area contributed by atoms with Crippen LogP contribution >= 0.6 is 23.1 Å². The summed E-state index contributed by atoms with van der Waals surface area (Å²) in [7, 11) is 0. The molecule has 0 bridgehead atoms. The summed E-state index contributed by atoms with van der Waals surface area (Å²) in [5, 5.41) is 19.3. The summed E-state index contributed by atoms with van der Waals surface area (Å²) in [6, 6.07) is 6.42. The van der Waals surface area contributed by atoms with E-state index in [4.69, 9.17) is 4.42 Å². The number of thioether (sulfide) groups is 1. The molecule has 22 heavy (non-hydrogen) atoms. The maximum absolute atomic E-state index is 13.5. The van der Waals surface area contributed by atoms with Crippen molar-refractivity contribution in [3.63, 3.8) is 0 Å². The Labute approximate surface area is 134 Å². The summed E-state index contributed by atoms with van der Waals surface area (Å²) >= 11 is 2.79. The van der Waals surface area contributed by atoms with Gasteiger partial charge in [-0.3, -0.25) is 0 Å². The second-order valence-electron chi connectivity index (χ2n) is 4.21. The molecular formula is C13H12FN5OS2. The quantitative estimate of drug-likeness (QED) is 0.688. The summed E-state index contributed by atoms with van der Waals surface area (Å²) in [5.41, 5.74) is 0.375. The number of nitrogens with zero attached hydrogens (tertiary/aromatic N) is 4. The molecule has 0 aliphatic rings. The molecule has 0 aliphatic carbocycles. The van der Waals surface area contributed by atoms with Crippen LogP contribution in [-0.4, -0.2) is 20.4 Å². The number of hydrogen-bond donors (Lipinski definition) is 1. The normalized spacial score (nSPS) is 10.8. The molecule has 0 radical (unpaired) electrons. The van der Waals surface area contributed by atoms with Gasteiger partial charge in [0.15, 0.2) is 4.34 Å². The molecule has 6 nitrogen and oxygen atoms in total. The predicted octanol–water partition coefficient (Wildman–Crippen LogP) is 3.66. The van der Waals surface area contributed by atoms with Crippen LogP contribution in [-0.2, 0) is 12.2 Å². The van der Waals surface area contributed by atoms with Crippen molar-refractivity contribution in [3.8, 4) is 0 Å². The molecule has 3 aromatic rings. The number of rotatable bonds is 6. The molecule has 2 heterocycles. The molecule has 1 aromatic carbocycles. The van der Waals surface area contributed by atoms with E-state index in [9.17, 15) is 4.39 Å². The monoisotopic (exact) mass is 337 g/mol. The van der Waals surface area contributed by atoms with Gasteiger partial charge in [-0.2, -0.15) is 0 Å². The Kier molecular flexibility index (Phi) is 4.64. The average molecular weight is 337 g/mol. The fourth-order valence-corrected chi connectivity index (χ4v) is 3.21. The van der Waals surface area contributed by atoms with Crippen molar-refractivity contribution in [2.45, 2.75) is 23.4 Å². The summed E-state index contributed by atoms with van der Waals surface area (Å²) in [5.74, 6) is 1.38. The second kappa shape index (κ2) is 6.84. The van der Waals surface area contributed by atoms with E-state index in [0.29, 0.717) is 34.8 Å². The number of aromatic nitrogens is 4. The molecule has 3 rings (SSSR count). The molecule has 2 aromatic heterocycles. The van der Waals surface area contributed by atoms with Crippen LogP contribution in [0.1, 0.15) is 18.7 Å². The lowest BCUT2D eigenvalue weighted by atomic mass is 10.3. The third-order valence-corrected chi connectivity index (χ3v) is 4.61. The number of para-hydroxylation sites is 1. The van der Waals surface area contributed by atoms with Gasteiger partial charge in [-0.15, -0.1) is 20.4 Å². The Morgan fingerprint density at radius 2 is 2.00 bits per heavy atom. The number of benzene rings is 1. The molecule has 0 spiro atoms. The molecule has 114 valence electrons. The third kappa shape index (κ3) is 3.60. The van der Waals surface area contributed by atoms with Gasteiger partial charge in [0, 0.05) is 6.42 Å². The van der Waals surface area contributed by atoms with Crippen LogP contribution in [0.2, 0.25) is 0 Å². The van der Waals surface area contributed by atoms with E-state index in [-0.39, 0.29) is 5.82 Å². The highest BCUT2D eigenvalue weighted by Crippen LogP contribution is 2.30. The molecule has 0 unspecified atom stereocenters. The second-order valence-corrected chi connectivity index (χ2v) is 6.41. The fourth-order valence-electron chi connectivity index (χ4n) is 1.61. The minimum Gasteiger partial charge on any atom is -0.424 e. The highest BCUT2D eigenvalue weighted by Gasteiger charge is 2.10. The summed E-state index contributed by atoms with van der Waals surface area (Å²) < 4.78 is 19.7. The average Bonchev–Trinajstić information content (AvgIpc) is 3.16. The molecule has 0 atom stereocenters. The molecule has 1 N–H and O–H groups in total. The van der Waals surface area contributed by atoms with Crippen molar-refractivity contribution in [3.05, 3.63) is 41.9 Å². The van der Waals surface area contributed by atoms with Gasteiger partial charge in [0.05, 0.1) is 11.4 Å². The molecule has 0 aliphatic heterocycles. The zero-order chi connectivity index (χ0) is 15.4. The Morgan fingerprint density at radius 3 is 2.77 bits per heavy atom. The number of anilines is 2. The van der Waals surface area contributed by atoms with Gasteiger partial charge in [0.1, 0.15) is 5.82 Å². The highest BCUT2D eigenvalue weighted by atomic mass is 32.2. The van der Waals surface area contributed by atoms with Gasteiger partial charge in [0.2, 0.25) is 16.9 Å². The summed E-state index contributed by atoms with van der Waals surface area (Å²) in [6.07, 6.45) is 0.715. The first-order chi connectivity index (χ1) is 10.7. The smallest absolute Gasteiger partial charge is 0.226 e. The standard InChI is InChI=1S/C13H12FN5OS2/c1-2-10-16-17-11(20-10)7-21-13-19-18-12(22-13)15-9-6-4-3-5-8(9)14/h3-6H,2,7H2,1H3,(H,15,18). The lowest BCUT2D eigenvalue weighted by molar-refractivity contribution is 0.470. The first-order valence-corrected chi connectivity index (χ1v) is 8.34. The number of nitrogens with one attached hydrogen (secondary N) is 1. The van der Waals surface area contributed by atoms with Gasteiger partial charge < -0.3 is 9.73 Å². The zero-order valence-corrected chi connectivity index (χ0v) is 13.2. The van der Waals surface area contributed by atoms with E-state index < -0.39 is 0 Å². The molecule has 0 saturated carbocycles. The van der Waals surface area contributed by atoms with Crippen molar-refractivity contribution in [1.82, 2.24) is 20.4 Å². The van der Waals surface area contributed by atoms with Crippen LogP contribution in [0.25, 0.3) is 0 Å². The summed E-state index contributed by atoms with van der Waals surface area (Å²) in [4.78, 5) is 0. The van der Waals surface area contributed by atoms with Crippen molar-refractivity contribution < 1.29 is 8.81 Å². The van der Waals surface area contributed by atoms with Gasteiger partial charge in [-0.1, -0.05) is 42.2 Å². The minimum atomic E-state index is -0.329. The predicted molar refractivity (Wildman–Crippen MR) is 82.8 cm³/mol. The SMILES string of the molecule is CCc1nnc(CSc2nnc(Nc3ccccc3F)s2)o1. The van der Waals surface area contributed by atoms with E-state index in [0.717, 1.165) is 4.34 Å². The van der Waals surface area contributed by atoms with Gasteiger partial charge in [0.25, 0.3) is 0 Å². The zero-order valence-electron chi connectivity index (χ0n) is 11.6. The topological polar surface area (TPSA) is 76.7 Å². The van der Waals surface area contributed by atoms with E-state index in [1.54, 1.807) is 18.2 Å². The van der Waals surface area contributed by atoms with Crippen LogP contribution in [0.3, 0.4) is 0 Å². The van der Waals surface area contributed by atoms with Crippen molar-refractivity contribution in [2.24, 2.45) is 0 Å². The molecular weight excluding hydrogens is 325 g/mol. The lowest BCUT2D eigenvalue weighted by Crippen LogP contribution is -1.92. The minimum absolute atomic E-state index is 0.329. The number of halogens is 1. The number of hydrogen-bond acceptors (Lipinski definition) is 8. The van der Waals surface area contributed by atoms with Crippen LogP contribution in [0.4, 0.5) is 15.2 Å². The molecule has 9 heteroatoms. The fraction of sp³-hybridized carbons (Fsp3) is 0.231. The van der Waals surface area contributed by atoms with E-state index in [1.165, 1.54) is 29.2 Å². The Balaban J connectivity index is 1.60. The van der Waals surface area contributed by atoms with E-state index >= 15 is 0 Å². The van der Waals surface area contributed by atoms with Gasteiger partial charge in [-0.05, 0) is 12.1 Å². The van der Waals surface area contributed by atoms with Crippen LogP contribution in [0, 0.1) is 5.82 Å². The van der Waals surface area contributed by atoms with Crippen molar-refractivity contribution >= 4 is 33.9 Å². The first kappa shape index (κ1) is 14.9. The molecule has 0 fully saturated rings. The lowest BCUT2D eigenvalue weighted by Gasteiger charge is -2.01. The maximum Gasteiger partial charge on any atom is 0.226 e. The van der Waals surface area contributed by atoms with Crippen LogP contribution in [0.15, 0.2) is 33.0 Å². The summed E-state index contributed by atoms with van der Waals surface area (Å²) in [6.45, 7) is 1.95. The van der Waals surface area contributed by atoms with E-state index in [2.05, 4.69) is 25.7 Å². The Hall–Kier alpha value is -2.00. The van der Waals surface area contributed by atoms with Gasteiger partial charge in [-0.25, -0.2) is 4.39 Å². The Morgan fingerprint density at radius 1 is 1.18 bits per heavy atom. The maximum atomic E-state index is 13.5. The van der Waals surface area contributed by atoms with Crippen molar-refractivity contribution in [2.75, 3.05) is 5.32 Å². The molecule has 0 saturated heterocycles. The van der Waals surface area contributed by atoms with E-state index in [1.807, 2.05) is 6.92 Å². The third-order valence-electron chi connectivity index (χ3n) is 2.65. The van der Waals surface area contributed by atoms with Gasteiger partial charge >= 0.3 is 0 Å². The number of aryl methyl sites for hydroxylation is 1. The first-order valence-electron chi connectivity index (χ1n) is 6.53. The highest BCUT2D eigenvalue weighted by molar-refractivity contribution is 8.00. The largest absolute Gasteiger partial charge is 0.424 e. The Bertz CT molecular complexity index is 760. The van der Waals surface area contributed by atoms with Crippen LogP contribution in [0.5, 0.6) is 0 Å². The van der Waals surface area contributed by atoms with Crippen LogP contribution < -0.4 is 5.32 Å².